The van der Waals surface area contributed by atoms with E-state index in [1.807, 2.05) is 36.4 Å². The summed E-state index contributed by atoms with van der Waals surface area (Å²) < 4.78 is 5.78. The van der Waals surface area contributed by atoms with Crippen molar-refractivity contribution in [3.63, 3.8) is 0 Å². The molecule has 0 saturated heterocycles. The Hall–Kier alpha value is -2.00. The predicted molar refractivity (Wildman–Crippen MR) is 115 cm³/mol. The van der Waals surface area contributed by atoms with E-state index in [-0.39, 0.29) is 0 Å². The molecule has 0 saturated carbocycles. The molecule has 3 aromatic carbocycles. The number of hydrogen-bond acceptors (Lipinski definition) is 2. The van der Waals surface area contributed by atoms with Crippen LogP contribution < -0.4 is 4.74 Å². The summed E-state index contributed by atoms with van der Waals surface area (Å²) in [5.41, 5.74) is 3.90. The number of aliphatic imine (C=N–C) groups is 1. The summed E-state index contributed by atoms with van der Waals surface area (Å²) in [6.45, 7) is 2.45. The zero-order chi connectivity index (χ0) is 19.2. The van der Waals surface area contributed by atoms with Gasteiger partial charge in [0.25, 0.3) is 0 Å². The lowest BCUT2D eigenvalue weighted by Gasteiger charge is -2.11. The zero-order valence-electron chi connectivity index (χ0n) is 14.8. The van der Waals surface area contributed by atoms with E-state index >= 15 is 0 Å². The summed E-state index contributed by atoms with van der Waals surface area (Å²) in [5, 5.41) is 1.53. The number of hydrogen-bond donors (Lipinski definition) is 0. The van der Waals surface area contributed by atoms with Crippen molar-refractivity contribution in [2.24, 2.45) is 4.99 Å². The highest BCUT2D eigenvalue weighted by molar-refractivity contribution is 6.37. The molecule has 0 N–H and O–H groups in total. The Labute approximate surface area is 174 Å². The summed E-state index contributed by atoms with van der Waals surface area (Å²) in [4.78, 5) is 4.47. The van der Waals surface area contributed by atoms with Gasteiger partial charge in [0, 0.05) is 11.2 Å². The van der Waals surface area contributed by atoms with Crippen LogP contribution in [0.3, 0.4) is 0 Å². The molecule has 27 heavy (non-hydrogen) atoms. The first-order valence-corrected chi connectivity index (χ1v) is 9.68. The largest absolute Gasteiger partial charge is 0.486 e. The highest BCUT2D eigenvalue weighted by atomic mass is 35.5. The van der Waals surface area contributed by atoms with Gasteiger partial charge in [0.2, 0.25) is 0 Å². The van der Waals surface area contributed by atoms with Gasteiger partial charge in [-0.2, -0.15) is 0 Å². The molecule has 5 heteroatoms. The summed E-state index contributed by atoms with van der Waals surface area (Å²) in [7, 11) is 0. The van der Waals surface area contributed by atoms with Crippen LogP contribution in [0.15, 0.2) is 65.7 Å². The van der Waals surface area contributed by atoms with E-state index in [1.54, 1.807) is 18.3 Å². The maximum atomic E-state index is 6.36. The van der Waals surface area contributed by atoms with Gasteiger partial charge in [-0.25, -0.2) is 0 Å². The van der Waals surface area contributed by atoms with Crippen molar-refractivity contribution in [1.82, 2.24) is 0 Å². The highest BCUT2D eigenvalue weighted by Gasteiger charge is 2.10. The minimum atomic E-state index is 0.331. The van der Waals surface area contributed by atoms with Crippen molar-refractivity contribution in [3.8, 4) is 5.75 Å². The molecule has 2 nitrogen and oxygen atoms in total. The fourth-order valence-electron chi connectivity index (χ4n) is 2.54. The van der Waals surface area contributed by atoms with Gasteiger partial charge in [-0.05, 0) is 59.5 Å². The minimum absolute atomic E-state index is 0.331. The number of halogens is 3. The SMILES string of the molecule is CCc1ccc(N=Cc2cc(Cl)c(OCc3cccc(Cl)c3)c(Cl)c2)cc1. The number of rotatable bonds is 6. The number of benzene rings is 3. The van der Waals surface area contributed by atoms with Crippen molar-refractivity contribution >= 4 is 46.7 Å². The fraction of sp³-hybridized carbons (Fsp3) is 0.136. The third-order valence-electron chi connectivity index (χ3n) is 4.00. The zero-order valence-corrected chi connectivity index (χ0v) is 17.0. The summed E-state index contributed by atoms with van der Waals surface area (Å²) >= 11 is 18.7. The van der Waals surface area contributed by atoms with Crippen molar-refractivity contribution in [2.75, 3.05) is 0 Å². The number of nitrogens with zero attached hydrogens (tertiary/aromatic N) is 1. The minimum Gasteiger partial charge on any atom is -0.486 e. The maximum Gasteiger partial charge on any atom is 0.157 e. The quantitative estimate of drug-likeness (QED) is 0.379. The van der Waals surface area contributed by atoms with Gasteiger partial charge in [-0.1, -0.05) is 66.0 Å². The topological polar surface area (TPSA) is 21.6 Å². The van der Waals surface area contributed by atoms with Gasteiger partial charge in [-0.3, -0.25) is 4.99 Å². The van der Waals surface area contributed by atoms with Gasteiger partial charge in [0.15, 0.2) is 5.75 Å². The Morgan fingerprint density at radius 1 is 0.889 bits per heavy atom. The van der Waals surface area contributed by atoms with E-state index in [0.29, 0.717) is 27.4 Å². The smallest absolute Gasteiger partial charge is 0.157 e. The Kier molecular flexibility index (Phi) is 6.78. The Balaban J connectivity index is 1.72. The predicted octanol–water partition coefficient (Wildman–Crippen LogP) is 7.54. The lowest BCUT2D eigenvalue weighted by atomic mass is 10.1. The number of aryl methyl sites for hydroxylation is 1. The third kappa shape index (κ3) is 5.49. The van der Waals surface area contributed by atoms with Crippen LogP contribution in [0.1, 0.15) is 23.6 Å². The molecule has 0 unspecified atom stereocenters. The van der Waals surface area contributed by atoms with Crippen molar-refractivity contribution in [1.29, 1.82) is 0 Å². The van der Waals surface area contributed by atoms with Crippen molar-refractivity contribution in [3.05, 3.63) is 92.4 Å². The molecular formula is C22H18Cl3NO. The third-order valence-corrected chi connectivity index (χ3v) is 4.80. The maximum absolute atomic E-state index is 6.36. The van der Waals surface area contributed by atoms with Gasteiger partial charge in [0.05, 0.1) is 15.7 Å². The second-order valence-corrected chi connectivity index (χ2v) is 7.26. The Morgan fingerprint density at radius 2 is 1.59 bits per heavy atom. The molecule has 0 amide bonds. The molecule has 0 spiro atoms. The highest BCUT2D eigenvalue weighted by Crippen LogP contribution is 2.34. The average Bonchev–Trinajstić information content (AvgIpc) is 2.66. The van der Waals surface area contributed by atoms with Crippen molar-refractivity contribution < 1.29 is 4.74 Å². The standard InChI is InChI=1S/C22H18Cl3NO/c1-2-15-6-8-19(9-7-15)26-13-17-11-20(24)22(21(25)12-17)27-14-16-4-3-5-18(23)10-16/h3-13H,2,14H2,1H3. The molecule has 0 fully saturated rings. The summed E-state index contributed by atoms with van der Waals surface area (Å²) in [6, 6.07) is 19.1. The average molecular weight is 419 g/mol. The summed E-state index contributed by atoms with van der Waals surface area (Å²) in [5.74, 6) is 0.447. The molecule has 0 atom stereocenters. The van der Waals surface area contributed by atoms with E-state index < -0.39 is 0 Å². The summed E-state index contributed by atoms with van der Waals surface area (Å²) in [6.07, 6.45) is 2.74. The van der Waals surface area contributed by atoms with Crippen LogP contribution in [0, 0.1) is 0 Å². The normalized spacial score (nSPS) is 11.1. The molecule has 0 heterocycles. The Morgan fingerprint density at radius 3 is 2.22 bits per heavy atom. The van der Waals surface area contributed by atoms with Gasteiger partial charge in [-0.15, -0.1) is 0 Å². The molecule has 3 rings (SSSR count). The van der Waals surface area contributed by atoms with Gasteiger partial charge >= 0.3 is 0 Å². The van der Waals surface area contributed by atoms with E-state index in [9.17, 15) is 0 Å². The molecule has 3 aromatic rings. The molecule has 0 aliphatic rings. The van der Waals surface area contributed by atoms with Gasteiger partial charge < -0.3 is 4.74 Å². The van der Waals surface area contributed by atoms with E-state index in [0.717, 1.165) is 23.2 Å². The molecule has 0 radical (unpaired) electrons. The molecular weight excluding hydrogens is 401 g/mol. The molecule has 0 aliphatic carbocycles. The van der Waals surface area contributed by atoms with Crippen LogP contribution >= 0.6 is 34.8 Å². The van der Waals surface area contributed by atoms with Crippen LogP contribution in [0.2, 0.25) is 15.1 Å². The van der Waals surface area contributed by atoms with E-state index in [2.05, 4.69) is 24.0 Å². The molecule has 0 bridgehead atoms. The first-order chi connectivity index (χ1) is 13.0. The second-order valence-electron chi connectivity index (χ2n) is 6.01. The molecule has 0 aliphatic heterocycles. The van der Waals surface area contributed by atoms with Gasteiger partial charge in [0.1, 0.15) is 6.61 Å². The lowest BCUT2D eigenvalue weighted by Crippen LogP contribution is -1.97. The second kappa shape index (κ2) is 9.27. The van der Waals surface area contributed by atoms with E-state index in [4.69, 9.17) is 39.5 Å². The molecule has 138 valence electrons. The van der Waals surface area contributed by atoms with Crippen LogP contribution in [0.5, 0.6) is 5.75 Å². The van der Waals surface area contributed by atoms with Crippen LogP contribution in [0.25, 0.3) is 0 Å². The number of ether oxygens (including phenoxy) is 1. The van der Waals surface area contributed by atoms with Crippen LogP contribution in [-0.2, 0) is 13.0 Å². The monoisotopic (exact) mass is 417 g/mol. The van der Waals surface area contributed by atoms with Crippen LogP contribution in [0.4, 0.5) is 5.69 Å². The van der Waals surface area contributed by atoms with E-state index in [1.165, 1.54) is 5.56 Å². The van der Waals surface area contributed by atoms with Crippen molar-refractivity contribution in [2.45, 2.75) is 20.0 Å². The van der Waals surface area contributed by atoms with Crippen LogP contribution in [-0.4, -0.2) is 6.21 Å². The molecule has 0 aromatic heterocycles. The lowest BCUT2D eigenvalue weighted by molar-refractivity contribution is 0.306. The fourth-order valence-corrected chi connectivity index (χ4v) is 3.37. The Bertz CT molecular complexity index is 929. The first kappa shape index (κ1) is 19.8. The first-order valence-electron chi connectivity index (χ1n) is 8.54.